The van der Waals surface area contributed by atoms with Gasteiger partial charge in [-0.1, -0.05) is 35.9 Å². The Labute approximate surface area is 90.8 Å². The van der Waals surface area contributed by atoms with E-state index in [4.69, 9.17) is 11.6 Å². The topological polar surface area (TPSA) is 12.0 Å². The molecule has 0 unspecified atom stereocenters. The van der Waals surface area contributed by atoms with Crippen LogP contribution in [0.1, 0.15) is 12.5 Å². The van der Waals surface area contributed by atoms with Crippen LogP contribution in [0.3, 0.4) is 0 Å². The summed E-state index contributed by atoms with van der Waals surface area (Å²) in [4.78, 5) is 0. The van der Waals surface area contributed by atoms with Crippen LogP contribution in [0.25, 0.3) is 0 Å². The number of hydrogen-bond donors (Lipinski definition) is 1. The molecule has 76 valence electrons. The first kappa shape index (κ1) is 11.3. The van der Waals surface area contributed by atoms with Crippen molar-refractivity contribution in [2.24, 2.45) is 0 Å². The predicted molar refractivity (Wildman–Crippen MR) is 62.8 cm³/mol. The lowest BCUT2D eigenvalue weighted by Crippen LogP contribution is -2.16. The normalized spacial score (nSPS) is 11.0. The van der Waals surface area contributed by atoms with Gasteiger partial charge in [-0.3, -0.25) is 0 Å². The second-order valence-corrected chi connectivity index (χ2v) is 3.59. The molecule has 0 aliphatic rings. The Morgan fingerprint density at radius 1 is 1.29 bits per heavy atom. The van der Waals surface area contributed by atoms with E-state index < -0.39 is 0 Å². The zero-order valence-electron chi connectivity index (χ0n) is 8.46. The van der Waals surface area contributed by atoms with E-state index in [9.17, 15) is 0 Å². The smallest absolute Gasteiger partial charge is 0.0406 e. The predicted octanol–water partition coefficient (Wildman–Crippen LogP) is 3.05. The van der Waals surface area contributed by atoms with Gasteiger partial charge in [0, 0.05) is 11.6 Å². The monoisotopic (exact) mass is 209 g/mol. The lowest BCUT2D eigenvalue weighted by atomic mass is 10.1. The highest BCUT2D eigenvalue weighted by atomic mass is 35.5. The minimum atomic E-state index is 0.802. The van der Waals surface area contributed by atoms with Crippen molar-refractivity contribution in [1.82, 2.24) is 5.32 Å². The first-order valence-electron chi connectivity index (χ1n) is 4.89. The molecular formula is C12H16ClN. The summed E-state index contributed by atoms with van der Waals surface area (Å²) in [5, 5.41) is 4.13. The standard InChI is InChI=1S/C12H16ClN/c1-2-3-9-14-10-8-11-4-6-12(13)7-5-11/h2-7,14H,8-10H2,1H3. The highest BCUT2D eigenvalue weighted by Gasteiger charge is 1.91. The summed E-state index contributed by atoms with van der Waals surface area (Å²) in [7, 11) is 0. The summed E-state index contributed by atoms with van der Waals surface area (Å²) < 4.78 is 0. The van der Waals surface area contributed by atoms with Crippen LogP contribution < -0.4 is 5.32 Å². The first-order chi connectivity index (χ1) is 6.83. The van der Waals surface area contributed by atoms with Gasteiger partial charge in [0.25, 0.3) is 0 Å². The van der Waals surface area contributed by atoms with E-state index in [-0.39, 0.29) is 0 Å². The van der Waals surface area contributed by atoms with Crippen molar-refractivity contribution >= 4 is 11.6 Å². The van der Waals surface area contributed by atoms with Gasteiger partial charge in [-0.25, -0.2) is 0 Å². The quantitative estimate of drug-likeness (QED) is 0.581. The van der Waals surface area contributed by atoms with Gasteiger partial charge < -0.3 is 5.32 Å². The molecule has 0 saturated heterocycles. The molecule has 0 amide bonds. The highest BCUT2D eigenvalue weighted by molar-refractivity contribution is 6.30. The largest absolute Gasteiger partial charge is 0.313 e. The third-order valence-electron chi connectivity index (χ3n) is 2.00. The Bertz CT molecular complexity index is 277. The Morgan fingerprint density at radius 3 is 2.64 bits per heavy atom. The molecule has 1 aromatic carbocycles. The van der Waals surface area contributed by atoms with E-state index in [1.807, 2.05) is 19.1 Å². The number of nitrogens with one attached hydrogen (secondary N) is 1. The molecule has 0 radical (unpaired) electrons. The lowest BCUT2D eigenvalue weighted by molar-refractivity contribution is 0.744. The Kier molecular flexibility index (Phi) is 5.35. The number of allylic oxidation sites excluding steroid dienone is 1. The Morgan fingerprint density at radius 2 is 2.00 bits per heavy atom. The van der Waals surface area contributed by atoms with E-state index >= 15 is 0 Å². The van der Waals surface area contributed by atoms with E-state index in [1.54, 1.807) is 0 Å². The van der Waals surface area contributed by atoms with Crippen LogP contribution in [-0.4, -0.2) is 13.1 Å². The van der Waals surface area contributed by atoms with Crippen LogP contribution in [-0.2, 0) is 6.42 Å². The molecule has 0 heterocycles. The van der Waals surface area contributed by atoms with E-state index in [0.717, 1.165) is 24.5 Å². The summed E-state index contributed by atoms with van der Waals surface area (Å²) in [5.74, 6) is 0. The Balaban J connectivity index is 2.21. The summed E-state index contributed by atoms with van der Waals surface area (Å²) in [6.07, 6.45) is 5.21. The molecule has 0 atom stereocenters. The maximum absolute atomic E-state index is 5.79. The molecule has 0 spiro atoms. The summed E-state index contributed by atoms with van der Waals surface area (Å²) in [5.41, 5.74) is 1.32. The number of hydrogen-bond acceptors (Lipinski definition) is 1. The second kappa shape index (κ2) is 6.63. The number of benzene rings is 1. The molecule has 0 aliphatic heterocycles. The maximum atomic E-state index is 5.79. The van der Waals surface area contributed by atoms with E-state index in [2.05, 4.69) is 29.6 Å². The fourth-order valence-corrected chi connectivity index (χ4v) is 1.31. The zero-order chi connectivity index (χ0) is 10.2. The lowest BCUT2D eigenvalue weighted by Gasteiger charge is -2.02. The fourth-order valence-electron chi connectivity index (χ4n) is 1.19. The molecule has 14 heavy (non-hydrogen) atoms. The second-order valence-electron chi connectivity index (χ2n) is 3.15. The van der Waals surface area contributed by atoms with Crippen LogP contribution in [0, 0.1) is 0 Å². The average molecular weight is 210 g/mol. The van der Waals surface area contributed by atoms with Crippen molar-refractivity contribution in [3.63, 3.8) is 0 Å². The summed E-state index contributed by atoms with van der Waals surface area (Å²) in [6.45, 7) is 3.98. The van der Waals surface area contributed by atoms with E-state index in [0.29, 0.717) is 0 Å². The summed E-state index contributed by atoms with van der Waals surface area (Å²) in [6, 6.07) is 8.00. The highest BCUT2D eigenvalue weighted by Crippen LogP contribution is 2.09. The summed E-state index contributed by atoms with van der Waals surface area (Å²) >= 11 is 5.79. The number of halogens is 1. The third-order valence-corrected chi connectivity index (χ3v) is 2.25. The van der Waals surface area contributed by atoms with Gasteiger partial charge in [-0.2, -0.15) is 0 Å². The minimum absolute atomic E-state index is 0.802. The van der Waals surface area contributed by atoms with Crippen LogP contribution in [0.2, 0.25) is 5.02 Å². The van der Waals surface area contributed by atoms with Crippen molar-refractivity contribution in [3.05, 3.63) is 47.0 Å². The van der Waals surface area contributed by atoms with Crippen molar-refractivity contribution in [2.75, 3.05) is 13.1 Å². The molecule has 0 aromatic heterocycles. The van der Waals surface area contributed by atoms with Crippen molar-refractivity contribution in [3.8, 4) is 0 Å². The van der Waals surface area contributed by atoms with E-state index in [1.165, 1.54) is 5.56 Å². The number of rotatable bonds is 5. The van der Waals surface area contributed by atoms with Crippen molar-refractivity contribution in [2.45, 2.75) is 13.3 Å². The molecule has 1 rings (SSSR count). The molecular weight excluding hydrogens is 194 g/mol. The van der Waals surface area contributed by atoms with Gasteiger partial charge in [0.15, 0.2) is 0 Å². The van der Waals surface area contributed by atoms with Gasteiger partial charge in [-0.15, -0.1) is 0 Å². The minimum Gasteiger partial charge on any atom is -0.313 e. The molecule has 0 fully saturated rings. The van der Waals surface area contributed by atoms with Crippen LogP contribution in [0.5, 0.6) is 0 Å². The molecule has 0 bridgehead atoms. The molecule has 2 heteroatoms. The average Bonchev–Trinajstić information content (AvgIpc) is 2.21. The van der Waals surface area contributed by atoms with Gasteiger partial charge in [0.2, 0.25) is 0 Å². The third kappa shape index (κ3) is 4.45. The SMILES string of the molecule is CC=CCNCCc1ccc(Cl)cc1. The van der Waals surface area contributed by atoms with Crippen LogP contribution >= 0.6 is 11.6 Å². The van der Waals surface area contributed by atoms with Crippen molar-refractivity contribution in [1.29, 1.82) is 0 Å². The van der Waals surface area contributed by atoms with Crippen LogP contribution in [0.15, 0.2) is 36.4 Å². The fraction of sp³-hybridized carbons (Fsp3) is 0.333. The maximum Gasteiger partial charge on any atom is 0.0406 e. The zero-order valence-corrected chi connectivity index (χ0v) is 9.22. The molecule has 1 aromatic rings. The van der Waals surface area contributed by atoms with Gasteiger partial charge in [-0.05, 0) is 37.6 Å². The van der Waals surface area contributed by atoms with Crippen LogP contribution in [0.4, 0.5) is 0 Å². The van der Waals surface area contributed by atoms with Gasteiger partial charge in [0.1, 0.15) is 0 Å². The van der Waals surface area contributed by atoms with Gasteiger partial charge in [0.05, 0.1) is 0 Å². The van der Waals surface area contributed by atoms with Crippen molar-refractivity contribution < 1.29 is 0 Å². The molecule has 0 aliphatic carbocycles. The first-order valence-corrected chi connectivity index (χ1v) is 5.27. The molecule has 1 N–H and O–H groups in total. The van der Waals surface area contributed by atoms with Gasteiger partial charge >= 0.3 is 0 Å². The Hall–Kier alpha value is -0.790. The molecule has 0 saturated carbocycles. The molecule has 1 nitrogen and oxygen atoms in total.